The maximum absolute atomic E-state index is 4.46. The fourth-order valence-corrected chi connectivity index (χ4v) is 5.88. The summed E-state index contributed by atoms with van der Waals surface area (Å²) in [5.74, 6) is 0.461. The SMILES string of the molecule is [CH2]c1cccc(-c2c(C)cccc2C)c1Cc1cc(Cc2ccccc2-c2ccccc2C)cc(C(C)C)c1. The molecule has 0 amide bonds. The van der Waals surface area contributed by atoms with Gasteiger partial charge in [0.25, 0.3) is 0 Å². The van der Waals surface area contributed by atoms with Crippen LogP contribution in [0.3, 0.4) is 0 Å². The molecule has 0 aromatic heterocycles. The minimum absolute atomic E-state index is 0.461. The fourth-order valence-electron chi connectivity index (χ4n) is 5.88. The summed E-state index contributed by atoms with van der Waals surface area (Å²) in [7, 11) is 0. The van der Waals surface area contributed by atoms with E-state index in [4.69, 9.17) is 0 Å². The summed E-state index contributed by atoms with van der Waals surface area (Å²) in [6.45, 7) is 15.7. The van der Waals surface area contributed by atoms with Crippen LogP contribution >= 0.6 is 0 Å². The van der Waals surface area contributed by atoms with Gasteiger partial charge in [0.15, 0.2) is 0 Å². The summed E-state index contributed by atoms with van der Waals surface area (Å²) < 4.78 is 0. The quantitative estimate of drug-likeness (QED) is 0.205. The van der Waals surface area contributed by atoms with Crippen LogP contribution in [0.4, 0.5) is 0 Å². The molecular formula is C39H39. The normalized spacial score (nSPS) is 11.3. The number of hydrogen-bond acceptors (Lipinski definition) is 0. The van der Waals surface area contributed by atoms with Crippen molar-refractivity contribution >= 4 is 0 Å². The molecule has 0 N–H and O–H groups in total. The van der Waals surface area contributed by atoms with Crippen molar-refractivity contribution in [3.63, 3.8) is 0 Å². The third-order valence-corrected chi connectivity index (χ3v) is 7.99. The lowest BCUT2D eigenvalue weighted by atomic mass is 9.86. The molecule has 0 atom stereocenters. The van der Waals surface area contributed by atoms with Gasteiger partial charge >= 0.3 is 0 Å². The zero-order valence-corrected chi connectivity index (χ0v) is 24.0. The highest BCUT2D eigenvalue weighted by Gasteiger charge is 2.15. The average molecular weight is 508 g/mol. The third-order valence-electron chi connectivity index (χ3n) is 7.99. The highest BCUT2D eigenvalue weighted by atomic mass is 14.2. The first-order valence-corrected chi connectivity index (χ1v) is 14.1. The molecule has 0 bridgehead atoms. The summed E-state index contributed by atoms with van der Waals surface area (Å²) in [5, 5.41) is 0. The van der Waals surface area contributed by atoms with Crippen molar-refractivity contribution in [3.05, 3.63) is 160 Å². The van der Waals surface area contributed by atoms with E-state index in [1.54, 1.807) is 0 Å². The number of hydrogen-bond donors (Lipinski definition) is 0. The van der Waals surface area contributed by atoms with Gasteiger partial charge < -0.3 is 0 Å². The van der Waals surface area contributed by atoms with Crippen molar-refractivity contribution in [2.75, 3.05) is 0 Å². The summed E-state index contributed by atoms with van der Waals surface area (Å²) >= 11 is 0. The highest BCUT2D eigenvalue weighted by Crippen LogP contribution is 2.34. The summed E-state index contributed by atoms with van der Waals surface area (Å²) in [6.07, 6.45) is 1.78. The smallest absolute Gasteiger partial charge is 0.00167 e. The molecule has 0 nitrogen and oxygen atoms in total. The molecule has 0 saturated heterocycles. The summed E-state index contributed by atoms with van der Waals surface area (Å²) in [5.41, 5.74) is 17.1. The Balaban J connectivity index is 1.57. The van der Waals surface area contributed by atoms with Gasteiger partial charge in [-0.1, -0.05) is 117 Å². The average Bonchev–Trinajstić information content (AvgIpc) is 2.91. The van der Waals surface area contributed by atoms with Gasteiger partial charge in [-0.05, 0) is 119 Å². The number of benzene rings is 5. The monoisotopic (exact) mass is 507 g/mol. The standard InChI is InChI=1S/C39H39/c1-26(2)34-23-31(22-33-17-8-10-19-36(33)35-18-9-7-13-27(35)3)21-32(24-34)25-38-28(4)14-12-20-37(38)39-29(5)15-11-16-30(39)6/h7-21,23-24,26H,4,22,25H2,1-3,5-6H3. The predicted molar refractivity (Wildman–Crippen MR) is 169 cm³/mol. The Morgan fingerprint density at radius 3 is 1.82 bits per heavy atom. The third kappa shape index (κ3) is 5.76. The molecule has 5 aromatic rings. The van der Waals surface area contributed by atoms with E-state index < -0.39 is 0 Å². The molecule has 0 heterocycles. The Morgan fingerprint density at radius 2 is 1.13 bits per heavy atom. The Hall–Kier alpha value is -3.90. The van der Waals surface area contributed by atoms with Gasteiger partial charge in [0.1, 0.15) is 0 Å². The lowest BCUT2D eigenvalue weighted by Gasteiger charge is -2.19. The molecular weight excluding hydrogens is 468 g/mol. The predicted octanol–water partition coefficient (Wildman–Crippen LogP) is 10.4. The van der Waals surface area contributed by atoms with Crippen LogP contribution in [0.15, 0.2) is 103 Å². The van der Waals surface area contributed by atoms with E-state index in [0.717, 1.165) is 18.4 Å². The Morgan fingerprint density at radius 1 is 0.564 bits per heavy atom. The van der Waals surface area contributed by atoms with E-state index in [-0.39, 0.29) is 0 Å². The van der Waals surface area contributed by atoms with Crippen LogP contribution in [0.25, 0.3) is 22.3 Å². The minimum atomic E-state index is 0.461. The Bertz CT molecular complexity index is 1600. The molecule has 0 unspecified atom stereocenters. The molecule has 0 fully saturated rings. The molecule has 5 rings (SSSR count). The highest BCUT2D eigenvalue weighted by molar-refractivity contribution is 5.75. The second kappa shape index (κ2) is 11.5. The van der Waals surface area contributed by atoms with Crippen LogP contribution in [0.2, 0.25) is 0 Å². The first-order valence-electron chi connectivity index (χ1n) is 14.1. The summed E-state index contributed by atoms with van der Waals surface area (Å²) in [6, 6.07) is 37.9. The second-order valence-corrected chi connectivity index (χ2v) is 11.3. The van der Waals surface area contributed by atoms with E-state index in [9.17, 15) is 0 Å². The fraction of sp³-hybridized carbons (Fsp3) is 0.205. The van der Waals surface area contributed by atoms with Gasteiger partial charge in [-0.2, -0.15) is 0 Å². The summed E-state index contributed by atoms with van der Waals surface area (Å²) in [4.78, 5) is 0. The van der Waals surface area contributed by atoms with E-state index >= 15 is 0 Å². The van der Waals surface area contributed by atoms with E-state index in [1.165, 1.54) is 66.8 Å². The van der Waals surface area contributed by atoms with Gasteiger partial charge in [0.05, 0.1) is 0 Å². The van der Waals surface area contributed by atoms with Crippen molar-refractivity contribution in [2.24, 2.45) is 0 Å². The van der Waals surface area contributed by atoms with Gasteiger partial charge in [0.2, 0.25) is 0 Å². The first kappa shape index (κ1) is 26.7. The van der Waals surface area contributed by atoms with Crippen molar-refractivity contribution in [2.45, 2.75) is 53.4 Å². The molecule has 0 saturated carbocycles. The van der Waals surface area contributed by atoms with Gasteiger partial charge in [0, 0.05) is 0 Å². The topological polar surface area (TPSA) is 0 Å². The number of rotatable bonds is 7. The minimum Gasteiger partial charge on any atom is -0.0620 e. The molecule has 39 heavy (non-hydrogen) atoms. The van der Waals surface area contributed by atoms with Crippen molar-refractivity contribution in [3.8, 4) is 22.3 Å². The van der Waals surface area contributed by atoms with Gasteiger partial charge in [-0.3, -0.25) is 0 Å². The van der Waals surface area contributed by atoms with Crippen molar-refractivity contribution < 1.29 is 0 Å². The molecule has 195 valence electrons. The van der Waals surface area contributed by atoms with E-state index in [1.807, 2.05) is 0 Å². The van der Waals surface area contributed by atoms with Gasteiger partial charge in [-0.15, -0.1) is 0 Å². The first-order chi connectivity index (χ1) is 18.8. The van der Waals surface area contributed by atoms with Crippen LogP contribution in [0.5, 0.6) is 0 Å². The van der Waals surface area contributed by atoms with Gasteiger partial charge in [-0.25, -0.2) is 0 Å². The molecule has 1 radical (unpaired) electrons. The zero-order chi connectivity index (χ0) is 27.5. The van der Waals surface area contributed by atoms with Crippen molar-refractivity contribution in [1.82, 2.24) is 0 Å². The maximum atomic E-state index is 4.46. The zero-order valence-electron chi connectivity index (χ0n) is 24.0. The molecule has 0 aliphatic heterocycles. The largest absolute Gasteiger partial charge is 0.0620 e. The van der Waals surface area contributed by atoms with Crippen LogP contribution < -0.4 is 0 Å². The van der Waals surface area contributed by atoms with Crippen molar-refractivity contribution in [1.29, 1.82) is 0 Å². The molecule has 5 aromatic carbocycles. The Kier molecular flexibility index (Phi) is 7.84. The molecule has 0 spiro atoms. The van der Waals surface area contributed by atoms with Crippen LogP contribution in [-0.4, -0.2) is 0 Å². The molecule has 0 heteroatoms. The molecule has 0 aliphatic rings. The van der Waals surface area contributed by atoms with Crippen LogP contribution in [0.1, 0.15) is 69.8 Å². The lowest BCUT2D eigenvalue weighted by Crippen LogP contribution is -2.02. The van der Waals surface area contributed by atoms with Crippen LogP contribution in [-0.2, 0) is 12.8 Å². The Labute approximate surface area is 235 Å². The van der Waals surface area contributed by atoms with E-state index in [0.29, 0.717) is 5.92 Å². The van der Waals surface area contributed by atoms with Crippen LogP contribution in [0, 0.1) is 27.7 Å². The molecule has 0 aliphatic carbocycles. The maximum Gasteiger partial charge on any atom is -0.00167 e. The second-order valence-electron chi connectivity index (χ2n) is 11.3. The van der Waals surface area contributed by atoms with E-state index in [2.05, 4.69) is 145 Å². The number of aryl methyl sites for hydroxylation is 3. The lowest BCUT2D eigenvalue weighted by molar-refractivity contribution is 0.859.